The molecule has 0 aliphatic carbocycles. The standard InChI is InChI=1S/C12H13NO3/c1-13(8-9-5-3-2-4-6-9)10-7-11(14)16-12(10)15/h2-6,10H,7-8H2,1H3/t10-/m0/s1. The summed E-state index contributed by atoms with van der Waals surface area (Å²) in [6.07, 6.45) is 0.155. The zero-order valence-corrected chi connectivity index (χ0v) is 9.05. The minimum atomic E-state index is -0.441. The summed E-state index contributed by atoms with van der Waals surface area (Å²) in [4.78, 5) is 24.1. The highest BCUT2D eigenvalue weighted by Crippen LogP contribution is 2.16. The molecule has 4 nitrogen and oxygen atoms in total. The van der Waals surface area contributed by atoms with Crippen LogP contribution in [0.3, 0.4) is 0 Å². The molecule has 1 aromatic carbocycles. The third-order valence-electron chi connectivity index (χ3n) is 2.65. The molecule has 0 spiro atoms. The first kappa shape index (κ1) is 10.8. The van der Waals surface area contributed by atoms with Gasteiger partial charge in [0.1, 0.15) is 6.04 Å². The molecule has 1 aliphatic heterocycles. The Balaban J connectivity index is 2.01. The molecule has 0 radical (unpaired) electrons. The predicted octanol–water partition coefficient (Wildman–Crippen LogP) is 0.960. The van der Waals surface area contributed by atoms with Gasteiger partial charge in [0, 0.05) is 6.54 Å². The Kier molecular flexibility index (Phi) is 3.01. The van der Waals surface area contributed by atoms with Gasteiger partial charge in [-0.05, 0) is 12.6 Å². The number of esters is 2. The van der Waals surface area contributed by atoms with E-state index in [0.717, 1.165) is 5.56 Å². The number of carbonyl (C=O) groups is 2. The van der Waals surface area contributed by atoms with Gasteiger partial charge in [-0.3, -0.25) is 9.69 Å². The first-order valence-electron chi connectivity index (χ1n) is 5.15. The third kappa shape index (κ3) is 2.28. The lowest BCUT2D eigenvalue weighted by atomic mass is 10.1. The highest BCUT2D eigenvalue weighted by molar-refractivity contribution is 5.96. The fraction of sp³-hybridized carbons (Fsp3) is 0.333. The number of nitrogens with zero attached hydrogens (tertiary/aromatic N) is 1. The van der Waals surface area contributed by atoms with E-state index in [-0.39, 0.29) is 6.42 Å². The first-order chi connectivity index (χ1) is 7.66. The van der Waals surface area contributed by atoms with Crippen molar-refractivity contribution in [2.24, 2.45) is 0 Å². The summed E-state index contributed by atoms with van der Waals surface area (Å²) in [6.45, 7) is 0.633. The van der Waals surface area contributed by atoms with Crippen LogP contribution in [0, 0.1) is 0 Å². The minimum Gasteiger partial charge on any atom is -0.392 e. The molecule has 1 aliphatic rings. The Bertz CT molecular complexity index is 402. The Morgan fingerprint density at radius 2 is 2.00 bits per heavy atom. The number of rotatable bonds is 3. The number of likely N-dealkylation sites (N-methyl/N-ethyl adjacent to an activating group) is 1. The summed E-state index contributed by atoms with van der Waals surface area (Å²) in [5, 5.41) is 0. The van der Waals surface area contributed by atoms with Gasteiger partial charge in [0.2, 0.25) is 0 Å². The molecule has 0 bridgehead atoms. The number of ether oxygens (including phenoxy) is 1. The van der Waals surface area contributed by atoms with Crippen molar-refractivity contribution in [3.63, 3.8) is 0 Å². The van der Waals surface area contributed by atoms with Gasteiger partial charge in [-0.15, -0.1) is 0 Å². The SMILES string of the molecule is CN(Cc1ccccc1)[C@H]1CC(=O)OC1=O. The van der Waals surface area contributed by atoms with Gasteiger partial charge in [-0.2, -0.15) is 0 Å². The molecule has 4 heteroatoms. The molecule has 16 heavy (non-hydrogen) atoms. The van der Waals surface area contributed by atoms with E-state index in [0.29, 0.717) is 6.54 Å². The maximum Gasteiger partial charge on any atom is 0.331 e. The zero-order chi connectivity index (χ0) is 11.5. The van der Waals surface area contributed by atoms with E-state index in [1.807, 2.05) is 42.3 Å². The second kappa shape index (κ2) is 4.45. The first-order valence-corrected chi connectivity index (χ1v) is 5.15. The number of cyclic esters (lactones) is 2. The summed E-state index contributed by atoms with van der Waals surface area (Å²) in [5.41, 5.74) is 1.11. The minimum absolute atomic E-state index is 0.155. The fourth-order valence-electron chi connectivity index (χ4n) is 1.78. The molecule has 2 rings (SSSR count). The number of benzene rings is 1. The van der Waals surface area contributed by atoms with Crippen molar-refractivity contribution in [2.45, 2.75) is 19.0 Å². The molecular formula is C12H13NO3. The van der Waals surface area contributed by atoms with Crippen molar-refractivity contribution in [1.29, 1.82) is 0 Å². The van der Waals surface area contributed by atoms with E-state index in [4.69, 9.17) is 0 Å². The van der Waals surface area contributed by atoms with Gasteiger partial charge < -0.3 is 4.74 Å². The molecule has 1 fully saturated rings. The van der Waals surface area contributed by atoms with Crippen LogP contribution in [0.5, 0.6) is 0 Å². The van der Waals surface area contributed by atoms with Crippen LogP contribution >= 0.6 is 0 Å². The van der Waals surface area contributed by atoms with Gasteiger partial charge in [0.05, 0.1) is 6.42 Å². The zero-order valence-electron chi connectivity index (χ0n) is 9.05. The average Bonchev–Trinajstić information content (AvgIpc) is 2.59. The van der Waals surface area contributed by atoms with Crippen LogP contribution in [0.2, 0.25) is 0 Å². The molecule has 0 amide bonds. The van der Waals surface area contributed by atoms with E-state index in [2.05, 4.69) is 4.74 Å². The van der Waals surface area contributed by atoms with Crippen LogP contribution in [0.25, 0.3) is 0 Å². The van der Waals surface area contributed by atoms with Crippen molar-refractivity contribution in [3.05, 3.63) is 35.9 Å². The predicted molar refractivity (Wildman–Crippen MR) is 57.4 cm³/mol. The van der Waals surface area contributed by atoms with Crippen LogP contribution in [-0.4, -0.2) is 29.9 Å². The molecule has 1 saturated heterocycles. The molecule has 0 unspecified atom stereocenters. The van der Waals surface area contributed by atoms with E-state index >= 15 is 0 Å². The van der Waals surface area contributed by atoms with Crippen molar-refractivity contribution < 1.29 is 14.3 Å². The van der Waals surface area contributed by atoms with Gasteiger partial charge >= 0.3 is 11.9 Å². The van der Waals surface area contributed by atoms with E-state index in [1.165, 1.54) is 0 Å². The van der Waals surface area contributed by atoms with E-state index in [1.54, 1.807) is 0 Å². The van der Waals surface area contributed by atoms with Gasteiger partial charge in [-0.1, -0.05) is 30.3 Å². The summed E-state index contributed by atoms with van der Waals surface area (Å²) in [7, 11) is 1.82. The van der Waals surface area contributed by atoms with Crippen LogP contribution in [-0.2, 0) is 20.9 Å². The topological polar surface area (TPSA) is 46.6 Å². The number of hydrogen-bond acceptors (Lipinski definition) is 4. The molecule has 1 aromatic rings. The molecule has 84 valence electrons. The largest absolute Gasteiger partial charge is 0.392 e. The van der Waals surface area contributed by atoms with Gasteiger partial charge in [0.15, 0.2) is 0 Å². The number of carbonyl (C=O) groups excluding carboxylic acids is 2. The van der Waals surface area contributed by atoms with E-state index in [9.17, 15) is 9.59 Å². The third-order valence-corrected chi connectivity index (χ3v) is 2.65. The second-order valence-electron chi connectivity index (χ2n) is 3.91. The summed E-state index contributed by atoms with van der Waals surface area (Å²) in [5.74, 6) is -0.877. The average molecular weight is 219 g/mol. The summed E-state index contributed by atoms with van der Waals surface area (Å²) >= 11 is 0. The summed E-state index contributed by atoms with van der Waals surface area (Å²) in [6, 6.07) is 9.36. The lowest BCUT2D eigenvalue weighted by molar-refractivity contribution is -0.153. The van der Waals surface area contributed by atoms with Crippen LogP contribution in [0.4, 0.5) is 0 Å². The maximum atomic E-state index is 11.3. The van der Waals surface area contributed by atoms with Crippen LogP contribution < -0.4 is 0 Å². The van der Waals surface area contributed by atoms with Crippen LogP contribution in [0.15, 0.2) is 30.3 Å². The molecule has 1 heterocycles. The van der Waals surface area contributed by atoms with Crippen molar-refractivity contribution in [3.8, 4) is 0 Å². The molecule has 1 atom stereocenters. The Labute approximate surface area is 93.8 Å². The smallest absolute Gasteiger partial charge is 0.331 e. The Morgan fingerprint density at radius 3 is 2.56 bits per heavy atom. The molecule has 0 N–H and O–H groups in total. The molecular weight excluding hydrogens is 206 g/mol. The second-order valence-corrected chi connectivity index (χ2v) is 3.91. The molecule has 0 saturated carbocycles. The van der Waals surface area contributed by atoms with Crippen molar-refractivity contribution in [2.75, 3.05) is 7.05 Å². The van der Waals surface area contributed by atoms with Crippen molar-refractivity contribution >= 4 is 11.9 Å². The quantitative estimate of drug-likeness (QED) is 0.561. The van der Waals surface area contributed by atoms with Gasteiger partial charge in [-0.25, -0.2) is 4.79 Å². The highest BCUT2D eigenvalue weighted by atomic mass is 16.6. The highest BCUT2D eigenvalue weighted by Gasteiger charge is 2.36. The Morgan fingerprint density at radius 1 is 1.31 bits per heavy atom. The molecule has 0 aromatic heterocycles. The van der Waals surface area contributed by atoms with Gasteiger partial charge in [0.25, 0.3) is 0 Å². The van der Waals surface area contributed by atoms with E-state index < -0.39 is 18.0 Å². The number of hydrogen-bond donors (Lipinski definition) is 0. The maximum absolute atomic E-state index is 11.3. The summed E-state index contributed by atoms with van der Waals surface area (Å²) < 4.78 is 4.51. The Hall–Kier alpha value is -1.68. The van der Waals surface area contributed by atoms with Crippen molar-refractivity contribution in [1.82, 2.24) is 4.90 Å². The monoisotopic (exact) mass is 219 g/mol. The lowest BCUT2D eigenvalue weighted by Crippen LogP contribution is -2.34. The lowest BCUT2D eigenvalue weighted by Gasteiger charge is -2.20. The van der Waals surface area contributed by atoms with Crippen LogP contribution in [0.1, 0.15) is 12.0 Å². The normalized spacial score (nSPS) is 20.2. The fourth-order valence-corrected chi connectivity index (χ4v) is 1.78.